The maximum Gasteiger partial charge on any atom is 0.268 e. The first kappa shape index (κ1) is 22.4. The topological polar surface area (TPSA) is 127 Å². The smallest absolute Gasteiger partial charge is 0.268 e. The van der Waals surface area contributed by atoms with Crippen LogP contribution in [0.15, 0.2) is 18.2 Å². The highest BCUT2D eigenvalue weighted by atomic mass is 35.5. The Balaban J connectivity index is 1.45. The van der Waals surface area contributed by atoms with Crippen LogP contribution in [0.4, 0.5) is 0 Å². The first-order chi connectivity index (χ1) is 15.3. The second-order valence-electron chi connectivity index (χ2n) is 8.44. The summed E-state index contributed by atoms with van der Waals surface area (Å²) in [6.07, 6.45) is 3.39. The van der Waals surface area contributed by atoms with E-state index in [-0.39, 0.29) is 23.9 Å². The molecule has 2 heterocycles. The van der Waals surface area contributed by atoms with E-state index in [0.717, 1.165) is 12.8 Å². The van der Waals surface area contributed by atoms with Crippen molar-refractivity contribution in [3.63, 3.8) is 0 Å². The quantitative estimate of drug-likeness (QED) is 0.467. The average Bonchev–Trinajstić information content (AvgIpc) is 3.31. The van der Waals surface area contributed by atoms with E-state index in [4.69, 9.17) is 23.2 Å². The summed E-state index contributed by atoms with van der Waals surface area (Å²) in [6.45, 7) is 0.579. The summed E-state index contributed by atoms with van der Waals surface area (Å²) in [6, 6.07) is 5.36. The molecule has 2 aromatic rings. The molecule has 0 radical (unpaired) electrons. The molecule has 1 saturated heterocycles. The van der Waals surface area contributed by atoms with Crippen LogP contribution >= 0.6 is 23.2 Å². The Morgan fingerprint density at radius 2 is 1.94 bits per heavy atom. The van der Waals surface area contributed by atoms with E-state index in [2.05, 4.69) is 27.0 Å². The van der Waals surface area contributed by atoms with E-state index in [0.29, 0.717) is 46.3 Å². The van der Waals surface area contributed by atoms with Gasteiger partial charge in [0.1, 0.15) is 17.8 Å². The molecule has 3 amide bonds. The molecule has 8 nitrogen and oxygen atoms in total. The molecular formula is C22H23Cl2N5O3. The van der Waals surface area contributed by atoms with Crippen LogP contribution in [0.2, 0.25) is 10.0 Å². The Labute approximate surface area is 195 Å². The van der Waals surface area contributed by atoms with E-state index in [9.17, 15) is 19.6 Å². The number of amides is 3. The molecule has 168 valence electrons. The van der Waals surface area contributed by atoms with E-state index in [1.165, 1.54) is 0 Å². The van der Waals surface area contributed by atoms with Crippen molar-refractivity contribution in [1.82, 2.24) is 20.9 Å². The Morgan fingerprint density at radius 1 is 1.16 bits per heavy atom. The number of halogens is 2. The zero-order valence-electron chi connectivity index (χ0n) is 17.2. The van der Waals surface area contributed by atoms with Crippen LogP contribution in [0, 0.1) is 23.2 Å². The lowest BCUT2D eigenvalue weighted by Gasteiger charge is -2.21. The minimum atomic E-state index is -0.802. The van der Waals surface area contributed by atoms with Crippen LogP contribution < -0.4 is 16.0 Å². The van der Waals surface area contributed by atoms with Crippen molar-refractivity contribution in [3.8, 4) is 6.07 Å². The molecule has 2 aliphatic rings. The van der Waals surface area contributed by atoms with Crippen molar-refractivity contribution in [2.45, 2.75) is 44.2 Å². The van der Waals surface area contributed by atoms with E-state index in [1.54, 1.807) is 18.2 Å². The molecule has 1 aromatic carbocycles. The van der Waals surface area contributed by atoms with Gasteiger partial charge in [-0.05, 0) is 43.4 Å². The van der Waals surface area contributed by atoms with Crippen LogP contribution in [0.1, 0.15) is 42.6 Å². The lowest BCUT2D eigenvalue weighted by molar-refractivity contribution is -0.125. The number of benzene rings is 1. The number of nitrogens with zero attached hydrogens (tertiary/aromatic N) is 1. The Kier molecular flexibility index (Phi) is 6.58. The van der Waals surface area contributed by atoms with Crippen molar-refractivity contribution in [2.24, 2.45) is 11.8 Å². The van der Waals surface area contributed by atoms with Crippen LogP contribution in [0.3, 0.4) is 0 Å². The average molecular weight is 476 g/mol. The van der Waals surface area contributed by atoms with Gasteiger partial charge >= 0.3 is 0 Å². The van der Waals surface area contributed by atoms with Crippen molar-refractivity contribution >= 4 is 51.8 Å². The molecule has 3 atom stereocenters. The highest BCUT2D eigenvalue weighted by molar-refractivity contribution is 6.38. The van der Waals surface area contributed by atoms with Gasteiger partial charge in [-0.1, -0.05) is 36.0 Å². The Morgan fingerprint density at radius 3 is 2.59 bits per heavy atom. The van der Waals surface area contributed by atoms with Gasteiger partial charge in [0.25, 0.3) is 5.91 Å². The summed E-state index contributed by atoms with van der Waals surface area (Å²) < 4.78 is 0. The third-order valence-corrected chi connectivity index (χ3v) is 6.47. The molecule has 10 heteroatoms. The number of rotatable bonds is 8. The van der Waals surface area contributed by atoms with Crippen molar-refractivity contribution < 1.29 is 14.4 Å². The second kappa shape index (κ2) is 9.39. The number of aromatic nitrogens is 1. The van der Waals surface area contributed by atoms with Crippen molar-refractivity contribution in [3.05, 3.63) is 33.9 Å². The van der Waals surface area contributed by atoms with Crippen LogP contribution in [-0.4, -0.2) is 41.3 Å². The molecule has 1 aliphatic heterocycles. The number of carbonyl (C=O) groups excluding carboxylic acids is 3. The maximum absolute atomic E-state index is 12.9. The van der Waals surface area contributed by atoms with E-state index in [1.807, 2.05) is 0 Å². The van der Waals surface area contributed by atoms with E-state index >= 15 is 0 Å². The number of H-pyrrole nitrogens is 1. The maximum atomic E-state index is 12.9. The number of carbonyl (C=O) groups is 3. The van der Waals surface area contributed by atoms with Gasteiger partial charge < -0.3 is 20.9 Å². The zero-order valence-corrected chi connectivity index (χ0v) is 18.7. The standard InChI is InChI=1S/C22H23Cl2N5O3/c23-13-7-16(24)15-9-19(28-17(15)8-13)22(32)29-18(5-11-1-2-11)21(31)27-14(10-25)6-12-3-4-26-20(12)30/h7-9,11-12,14,18,28H,1-6H2,(H,26,30)(H,27,31)(H,29,32)/t12-,14-,18-/m0/s1. The van der Waals surface area contributed by atoms with E-state index < -0.39 is 23.9 Å². The molecular weight excluding hydrogens is 453 g/mol. The zero-order chi connectivity index (χ0) is 22.8. The molecule has 0 unspecified atom stereocenters. The monoisotopic (exact) mass is 475 g/mol. The van der Waals surface area contributed by atoms with Crippen molar-refractivity contribution in [1.29, 1.82) is 5.26 Å². The highest BCUT2D eigenvalue weighted by Gasteiger charge is 2.33. The molecule has 1 aromatic heterocycles. The largest absolute Gasteiger partial charge is 0.356 e. The van der Waals surface area contributed by atoms with Gasteiger partial charge in [-0.25, -0.2) is 0 Å². The molecule has 4 rings (SSSR count). The van der Waals surface area contributed by atoms with Gasteiger partial charge in [-0.15, -0.1) is 0 Å². The Hall–Kier alpha value is -2.76. The third-order valence-electron chi connectivity index (χ3n) is 5.94. The summed E-state index contributed by atoms with van der Waals surface area (Å²) in [5.74, 6) is -0.896. The molecule has 0 spiro atoms. The third kappa shape index (κ3) is 5.17. The van der Waals surface area contributed by atoms with Crippen LogP contribution in [0.25, 0.3) is 10.9 Å². The minimum Gasteiger partial charge on any atom is -0.356 e. The number of nitriles is 1. The number of nitrogens with one attached hydrogen (secondary N) is 4. The normalized spacial score (nSPS) is 19.8. The minimum absolute atomic E-state index is 0.0973. The number of aromatic amines is 1. The molecule has 1 aliphatic carbocycles. The number of fused-ring (bicyclic) bond motifs is 1. The second-order valence-corrected chi connectivity index (χ2v) is 9.28. The summed E-state index contributed by atoms with van der Waals surface area (Å²) in [7, 11) is 0. The van der Waals surface area contributed by atoms with Gasteiger partial charge in [-0.2, -0.15) is 5.26 Å². The fourth-order valence-electron chi connectivity index (χ4n) is 4.01. The fourth-order valence-corrected chi connectivity index (χ4v) is 4.56. The van der Waals surface area contributed by atoms with Gasteiger partial charge in [0.05, 0.1) is 11.1 Å². The molecule has 2 fully saturated rings. The predicted molar refractivity (Wildman–Crippen MR) is 120 cm³/mol. The lowest BCUT2D eigenvalue weighted by atomic mass is 9.98. The number of hydrogen-bond acceptors (Lipinski definition) is 4. The Bertz CT molecular complexity index is 1100. The summed E-state index contributed by atoms with van der Waals surface area (Å²) >= 11 is 12.2. The summed E-state index contributed by atoms with van der Waals surface area (Å²) in [5.41, 5.74) is 0.882. The number of hydrogen-bond donors (Lipinski definition) is 4. The van der Waals surface area contributed by atoms with Crippen molar-refractivity contribution in [2.75, 3.05) is 6.54 Å². The predicted octanol–water partition coefficient (Wildman–Crippen LogP) is 2.91. The highest BCUT2D eigenvalue weighted by Crippen LogP contribution is 2.34. The first-order valence-corrected chi connectivity index (χ1v) is 11.4. The summed E-state index contributed by atoms with van der Waals surface area (Å²) in [5, 5.41) is 19.2. The fraction of sp³-hybridized carbons (Fsp3) is 0.455. The van der Waals surface area contributed by atoms with Gasteiger partial charge in [0, 0.05) is 28.4 Å². The van der Waals surface area contributed by atoms with Gasteiger partial charge in [0.15, 0.2) is 0 Å². The SMILES string of the molecule is N#C[C@H](C[C@@H]1CCNC1=O)NC(=O)[C@H](CC1CC1)NC(=O)c1cc2c(Cl)cc(Cl)cc2[nH]1. The van der Waals surface area contributed by atoms with Gasteiger partial charge in [0.2, 0.25) is 11.8 Å². The molecule has 1 saturated carbocycles. The first-order valence-electron chi connectivity index (χ1n) is 10.6. The van der Waals surface area contributed by atoms with Gasteiger partial charge in [-0.3, -0.25) is 14.4 Å². The molecule has 4 N–H and O–H groups in total. The summed E-state index contributed by atoms with van der Waals surface area (Å²) in [4.78, 5) is 40.6. The lowest BCUT2D eigenvalue weighted by Crippen LogP contribution is -2.50. The molecule has 32 heavy (non-hydrogen) atoms. The molecule has 0 bridgehead atoms. The van der Waals surface area contributed by atoms with Crippen LogP contribution in [0.5, 0.6) is 0 Å². The van der Waals surface area contributed by atoms with Crippen LogP contribution in [-0.2, 0) is 9.59 Å².